The van der Waals surface area contributed by atoms with E-state index in [1.165, 1.54) is 18.9 Å². The molecule has 0 aliphatic heterocycles. The average Bonchev–Trinajstić information content (AvgIpc) is 3.40. The summed E-state index contributed by atoms with van der Waals surface area (Å²) in [5.41, 5.74) is 0.333. The molecule has 0 atom stereocenters. The Kier molecular flexibility index (Phi) is 5.06. The van der Waals surface area contributed by atoms with Gasteiger partial charge in [-0.05, 0) is 37.0 Å². The monoisotopic (exact) mass is 383 g/mol. The summed E-state index contributed by atoms with van der Waals surface area (Å²) in [5.74, 6) is -1.04. The van der Waals surface area contributed by atoms with Crippen LogP contribution in [0.4, 0.5) is 14.6 Å². The van der Waals surface area contributed by atoms with Crippen molar-refractivity contribution in [1.82, 2.24) is 9.78 Å². The number of amides is 1. The number of carbonyl (C=O) groups is 1. The van der Waals surface area contributed by atoms with Gasteiger partial charge in [0.25, 0.3) is 5.91 Å². The minimum Gasteiger partial charge on any atom is -0.493 e. The zero-order valence-electron chi connectivity index (χ0n) is 15.1. The molecule has 7 heteroatoms. The number of nitrogens with zero attached hydrogens (tertiary/aromatic N) is 2. The van der Waals surface area contributed by atoms with Crippen LogP contribution in [0.15, 0.2) is 54.7 Å². The maximum Gasteiger partial charge on any atom is 0.262 e. The molecule has 1 aromatic heterocycles. The molecule has 0 saturated heterocycles. The molecular formula is C21H19F2N3O2. The Morgan fingerprint density at radius 3 is 2.61 bits per heavy atom. The van der Waals surface area contributed by atoms with Crippen LogP contribution in [0, 0.1) is 17.6 Å². The predicted octanol–water partition coefficient (Wildman–Crippen LogP) is 4.25. The first-order chi connectivity index (χ1) is 13.6. The van der Waals surface area contributed by atoms with E-state index in [4.69, 9.17) is 4.74 Å². The molecule has 28 heavy (non-hydrogen) atoms. The molecule has 0 spiro atoms. The van der Waals surface area contributed by atoms with Gasteiger partial charge in [0.15, 0.2) is 5.82 Å². The molecule has 1 fully saturated rings. The summed E-state index contributed by atoms with van der Waals surface area (Å²) in [5, 5.41) is 6.69. The van der Waals surface area contributed by atoms with Crippen molar-refractivity contribution in [2.24, 2.45) is 5.92 Å². The lowest BCUT2D eigenvalue weighted by atomic mass is 10.2. The summed E-state index contributed by atoms with van der Waals surface area (Å²) in [6, 6.07) is 12.6. The van der Waals surface area contributed by atoms with Crippen LogP contribution in [0.2, 0.25) is 0 Å². The first-order valence-electron chi connectivity index (χ1n) is 9.09. The number of anilines is 1. The quantitative estimate of drug-likeness (QED) is 0.664. The number of para-hydroxylation sites is 1. The molecule has 1 N–H and O–H groups in total. The van der Waals surface area contributed by atoms with Crippen LogP contribution < -0.4 is 10.1 Å². The van der Waals surface area contributed by atoms with Gasteiger partial charge in [-0.1, -0.05) is 24.3 Å². The van der Waals surface area contributed by atoms with Crippen LogP contribution in [0.1, 0.15) is 28.8 Å². The Bertz CT molecular complexity index is 979. The van der Waals surface area contributed by atoms with Crippen LogP contribution in [-0.4, -0.2) is 22.3 Å². The molecule has 1 aliphatic rings. The molecule has 1 aliphatic carbocycles. The first-order valence-corrected chi connectivity index (χ1v) is 9.09. The van der Waals surface area contributed by atoms with Crippen molar-refractivity contribution < 1.29 is 18.3 Å². The normalized spacial score (nSPS) is 13.4. The van der Waals surface area contributed by atoms with E-state index in [0.29, 0.717) is 19.1 Å². The fourth-order valence-corrected chi connectivity index (χ4v) is 2.85. The summed E-state index contributed by atoms with van der Waals surface area (Å²) >= 11 is 0. The maximum atomic E-state index is 13.7. The van der Waals surface area contributed by atoms with Gasteiger partial charge in [0.1, 0.15) is 22.9 Å². The number of aromatic nitrogens is 2. The Labute approximate surface area is 160 Å². The van der Waals surface area contributed by atoms with Crippen molar-refractivity contribution in [3.8, 4) is 5.75 Å². The van der Waals surface area contributed by atoms with Crippen molar-refractivity contribution in [2.75, 3.05) is 11.9 Å². The zero-order chi connectivity index (χ0) is 19.5. The lowest BCUT2D eigenvalue weighted by Crippen LogP contribution is -2.16. The number of rotatable bonds is 7. The molecular weight excluding hydrogens is 364 g/mol. The molecule has 5 nitrogen and oxygen atoms in total. The predicted molar refractivity (Wildman–Crippen MR) is 100 cm³/mol. The Morgan fingerprint density at radius 1 is 1.11 bits per heavy atom. The highest BCUT2D eigenvalue weighted by Crippen LogP contribution is 2.30. The smallest absolute Gasteiger partial charge is 0.262 e. The molecule has 1 amide bonds. The van der Waals surface area contributed by atoms with Gasteiger partial charge < -0.3 is 10.1 Å². The summed E-state index contributed by atoms with van der Waals surface area (Å²) in [7, 11) is 0. The van der Waals surface area contributed by atoms with E-state index in [1.54, 1.807) is 16.9 Å². The lowest BCUT2D eigenvalue weighted by molar-refractivity contribution is 0.101. The van der Waals surface area contributed by atoms with E-state index in [2.05, 4.69) is 10.4 Å². The fraction of sp³-hybridized carbons (Fsp3) is 0.238. The highest BCUT2D eigenvalue weighted by Gasteiger charge is 2.22. The Hall–Kier alpha value is -3.22. The topological polar surface area (TPSA) is 56.2 Å². The fourth-order valence-electron chi connectivity index (χ4n) is 2.85. The van der Waals surface area contributed by atoms with Gasteiger partial charge in [-0.3, -0.25) is 9.48 Å². The van der Waals surface area contributed by atoms with E-state index in [1.807, 2.05) is 24.3 Å². The summed E-state index contributed by atoms with van der Waals surface area (Å²) < 4.78 is 35.0. The van der Waals surface area contributed by atoms with Gasteiger partial charge in [-0.15, -0.1) is 0 Å². The van der Waals surface area contributed by atoms with E-state index in [9.17, 15) is 13.6 Å². The Balaban J connectivity index is 1.44. The van der Waals surface area contributed by atoms with Crippen LogP contribution in [0.25, 0.3) is 0 Å². The van der Waals surface area contributed by atoms with Crippen LogP contribution in [0.5, 0.6) is 5.75 Å². The van der Waals surface area contributed by atoms with Gasteiger partial charge in [-0.25, -0.2) is 8.78 Å². The molecule has 1 saturated carbocycles. The van der Waals surface area contributed by atoms with Crippen molar-refractivity contribution in [2.45, 2.75) is 19.4 Å². The number of carbonyl (C=O) groups excluding carboxylic acids is 1. The van der Waals surface area contributed by atoms with Crippen LogP contribution in [0.3, 0.4) is 0 Å². The van der Waals surface area contributed by atoms with Crippen molar-refractivity contribution in [3.05, 3.63) is 77.5 Å². The molecule has 2 aromatic carbocycles. The van der Waals surface area contributed by atoms with Crippen molar-refractivity contribution >= 4 is 11.7 Å². The van der Waals surface area contributed by atoms with Crippen LogP contribution in [-0.2, 0) is 6.54 Å². The minimum atomic E-state index is -0.918. The highest BCUT2D eigenvalue weighted by atomic mass is 19.1. The van der Waals surface area contributed by atoms with Gasteiger partial charge >= 0.3 is 0 Å². The van der Waals surface area contributed by atoms with E-state index >= 15 is 0 Å². The van der Waals surface area contributed by atoms with E-state index in [-0.39, 0.29) is 5.82 Å². The number of benzene rings is 2. The third-order valence-corrected chi connectivity index (χ3v) is 4.55. The number of hydrogen-bond donors (Lipinski definition) is 1. The number of nitrogens with one attached hydrogen (secondary N) is 1. The third kappa shape index (κ3) is 4.19. The maximum absolute atomic E-state index is 13.7. The third-order valence-electron chi connectivity index (χ3n) is 4.55. The molecule has 144 valence electrons. The second-order valence-corrected chi connectivity index (χ2v) is 6.81. The van der Waals surface area contributed by atoms with Gasteiger partial charge in [-0.2, -0.15) is 5.10 Å². The molecule has 1 heterocycles. The average molecular weight is 383 g/mol. The molecule has 0 radical (unpaired) electrons. The molecule has 4 rings (SSSR count). The van der Waals surface area contributed by atoms with Crippen molar-refractivity contribution in [1.29, 1.82) is 0 Å². The largest absolute Gasteiger partial charge is 0.493 e. The van der Waals surface area contributed by atoms with Gasteiger partial charge in [0, 0.05) is 17.8 Å². The van der Waals surface area contributed by atoms with Gasteiger partial charge in [0.2, 0.25) is 0 Å². The SMILES string of the molecule is O=C(Nc1ccn(Cc2ccccc2OCC2CC2)n1)c1c(F)cccc1F. The lowest BCUT2D eigenvalue weighted by Gasteiger charge is -2.11. The Morgan fingerprint density at radius 2 is 1.86 bits per heavy atom. The first kappa shape index (κ1) is 18.2. The number of hydrogen-bond acceptors (Lipinski definition) is 3. The second-order valence-electron chi connectivity index (χ2n) is 6.81. The minimum absolute atomic E-state index is 0.212. The van der Waals surface area contributed by atoms with Crippen LogP contribution >= 0.6 is 0 Å². The zero-order valence-corrected chi connectivity index (χ0v) is 15.1. The molecule has 0 bridgehead atoms. The summed E-state index contributed by atoms with van der Waals surface area (Å²) in [4.78, 5) is 12.2. The summed E-state index contributed by atoms with van der Waals surface area (Å²) in [6.45, 7) is 1.16. The van der Waals surface area contributed by atoms with Crippen molar-refractivity contribution in [3.63, 3.8) is 0 Å². The molecule has 3 aromatic rings. The second kappa shape index (κ2) is 7.80. The number of halogens is 2. The standard InChI is InChI=1S/C21H19F2N3O2/c22-16-5-3-6-17(23)20(16)21(27)24-19-10-11-26(25-19)12-15-4-1-2-7-18(15)28-13-14-8-9-14/h1-7,10-11,14H,8-9,12-13H2,(H,24,25,27). The number of ether oxygens (including phenoxy) is 1. The molecule has 0 unspecified atom stereocenters. The van der Waals surface area contributed by atoms with Gasteiger partial charge in [0.05, 0.1) is 13.2 Å². The van der Waals surface area contributed by atoms with E-state index in [0.717, 1.165) is 23.4 Å². The summed E-state index contributed by atoms with van der Waals surface area (Å²) in [6.07, 6.45) is 4.12. The highest BCUT2D eigenvalue weighted by molar-refractivity contribution is 6.04. The van der Waals surface area contributed by atoms with E-state index < -0.39 is 23.1 Å².